The van der Waals surface area contributed by atoms with Gasteiger partial charge in [-0.1, -0.05) is 66.4 Å². The predicted octanol–water partition coefficient (Wildman–Crippen LogP) is 3.88. The molecule has 0 unspecified atom stereocenters. The molecule has 0 aliphatic carbocycles. The summed E-state index contributed by atoms with van der Waals surface area (Å²) in [5.74, 6) is 0.995. The minimum atomic E-state index is -0.213. The quantitative estimate of drug-likeness (QED) is 0.304. The lowest BCUT2D eigenvalue weighted by Crippen LogP contribution is -2.15. The maximum atomic E-state index is 12.3. The third kappa shape index (κ3) is 4.70. The molecule has 9 nitrogen and oxygen atoms in total. The summed E-state index contributed by atoms with van der Waals surface area (Å²) < 4.78 is 1.96. The van der Waals surface area contributed by atoms with Gasteiger partial charge in [0, 0.05) is 16.8 Å². The maximum absolute atomic E-state index is 12.3. The number of nitrogens with zero attached hydrogens (tertiary/aromatic N) is 5. The van der Waals surface area contributed by atoms with Crippen molar-refractivity contribution in [3.63, 3.8) is 0 Å². The van der Waals surface area contributed by atoms with Crippen molar-refractivity contribution in [2.75, 3.05) is 16.4 Å². The number of carbonyl (C=O) groups is 1. The molecule has 1 amide bonds. The van der Waals surface area contributed by atoms with Gasteiger partial charge in [-0.25, -0.2) is 5.10 Å². The van der Waals surface area contributed by atoms with Gasteiger partial charge in [-0.05, 0) is 23.6 Å². The Bertz CT molecular complexity index is 1360. The number of para-hydroxylation sites is 1. The first-order valence-corrected chi connectivity index (χ1v) is 11.3. The minimum absolute atomic E-state index is 0.155. The first kappa shape index (κ1) is 20.7. The Morgan fingerprint density at radius 2 is 1.79 bits per heavy atom. The highest BCUT2D eigenvalue weighted by Gasteiger charge is 2.16. The summed E-state index contributed by atoms with van der Waals surface area (Å²) in [5.41, 5.74) is 1.95. The van der Waals surface area contributed by atoms with E-state index in [1.165, 1.54) is 23.5 Å². The van der Waals surface area contributed by atoms with E-state index < -0.39 is 0 Å². The minimum Gasteiger partial charge on any atom is -0.377 e. The SMILES string of the molecule is O=C(CSc1nnc(CNc2cccc3ccccc23)n1-c1ccccc1)Nc1ncn[nH]1. The third-order valence-electron chi connectivity index (χ3n) is 4.95. The van der Waals surface area contributed by atoms with Crippen LogP contribution in [0.25, 0.3) is 16.5 Å². The van der Waals surface area contributed by atoms with Crippen LogP contribution in [0.15, 0.2) is 84.3 Å². The molecule has 5 rings (SSSR count). The lowest BCUT2D eigenvalue weighted by Gasteiger charge is -2.12. The summed E-state index contributed by atoms with van der Waals surface area (Å²) in [6.07, 6.45) is 1.34. The smallest absolute Gasteiger partial charge is 0.237 e. The van der Waals surface area contributed by atoms with E-state index in [0.717, 1.165) is 22.6 Å². The molecule has 10 heteroatoms. The Kier molecular flexibility index (Phi) is 5.98. The Hall–Kier alpha value is -4.18. The average Bonchev–Trinajstić information content (AvgIpc) is 3.51. The molecule has 2 heterocycles. The van der Waals surface area contributed by atoms with Gasteiger partial charge >= 0.3 is 0 Å². The van der Waals surface area contributed by atoms with Crippen LogP contribution in [-0.4, -0.2) is 41.6 Å². The van der Waals surface area contributed by atoms with Crippen LogP contribution >= 0.6 is 11.8 Å². The van der Waals surface area contributed by atoms with Crippen LogP contribution in [0, 0.1) is 0 Å². The van der Waals surface area contributed by atoms with Crippen LogP contribution < -0.4 is 10.6 Å². The van der Waals surface area contributed by atoms with Gasteiger partial charge in [0.15, 0.2) is 11.0 Å². The van der Waals surface area contributed by atoms with Crippen LogP contribution in [0.1, 0.15) is 5.82 Å². The Labute approximate surface area is 193 Å². The molecular formula is C23H20N8OS. The first-order valence-electron chi connectivity index (χ1n) is 10.3. The number of nitrogens with one attached hydrogen (secondary N) is 3. The summed E-state index contributed by atoms with van der Waals surface area (Å²) in [6.45, 7) is 0.473. The van der Waals surface area contributed by atoms with Crippen LogP contribution in [0.5, 0.6) is 0 Å². The van der Waals surface area contributed by atoms with Crippen molar-refractivity contribution in [2.24, 2.45) is 0 Å². The number of amides is 1. The average molecular weight is 457 g/mol. The molecule has 0 bridgehead atoms. The molecule has 0 spiro atoms. The molecule has 33 heavy (non-hydrogen) atoms. The van der Waals surface area contributed by atoms with E-state index in [4.69, 9.17) is 0 Å². The second-order valence-electron chi connectivity index (χ2n) is 7.12. The number of thioether (sulfide) groups is 1. The van der Waals surface area contributed by atoms with Crippen molar-refractivity contribution in [3.8, 4) is 5.69 Å². The molecule has 0 aliphatic heterocycles. The van der Waals surface area contributed by atoms with E-state index in [1.54, 1.807) is 0 Å². The number of hydrogen-bond donors (Lipinski definition) is 3. The van der Waals surface area contributed by atoms with Crippen LogP contribution in [0.4, 0.5) is 11.6 Å². The van der Waals surface area contributed by atoms with Crippen LogP contribution in [-0.2, 0) is 11.3 Å². The fourth-order valence-electron chi connectivity index (χ4n) is 3.46. The number of fused-ring (bicyclic) bond motifs is 1. The van der Waals surface area contributed by atoms with Gasteiger partial charge < -0.3 is 5.32 Å². The second-order valence-corrected chi connectivity index (χ2v) is 8.06. The lowest BCUT2D eigenvalue weighted by atomic mass is 10.1. The molecule has 0 fully saturated rings. The van der Waals surface area contributed by atoms with E-state index in [0.29, 0.717) is 17.6 Å². The van der Waals surface area contributed by atoms with Crippen molar-refractivity contribution in [1.82, 2.24) is 29.9 Å². The summed E-state index contributed by atoms with van der Waals surface area (Å²) in [7, 11) is 0. The van der Waals surface area contributed by atoms with Crippen LogP contribution in [0.3, 0.4) is 0 Å². The number of benzene rings is 3. The third-order valence-corrected chi connectivity index (χ3v) is 5.88. The van der Waals surface area contributed by atoms with Crippen molar-refractivity contribution in [1.29, 1.82) is 0 Å². The molecule has 3 N–H and O–H groups in total. The van der Waals surface area contributed by atoms with Crippen molar-refractivity contribution >= 4 is 40.1 Å². The highest BCUT2D eigenvalue weighted by atomic mass is 32.2. The topological polar surface area (TPSA) is 113 Å². The van der Waals surface area contributed by atoms with Gasteiger partial charge in [0.05, 0.1) is 12.3 Å². The predicted molar refractivity (Wildman–Crippen MR) is 128 cm³/mol. The Morgan fingerprint density at radius 1 is 0.970 bits per heavy atom. The van der Waals surface area contributed by atoms with Gasteiger partial charge in [0.25, 0.3) is 0 Å². The number of rotatable bonds is 8. The standard InChI is InChI=1S/C23H20N8OS/c32-21(27-22-25-15-26-29-22)14-33-23-30-28-20(31(23)17-9-2-1-3-10-17)13-24-19-12-6-8-16-7-4-5-11-18(16)19/h1-12,15,24H,13-14H2,(H2,25,26,27,29,32). The molecular weight excluding hydrogens is 436 g/mol. The normalized spacial score (nSPS) is 10.9. The van der Waals surface area contributed by atoms with Gasteiger partial charge in [-0.3, -0.25) is 14.7 Å². The number of aromatic amines is 1. The molecule has 0 atom stereocenters. The fraction of sp³-hybridized carbons (Fsp3) is 0.0870. The van der Waals surface area contributed by atoms with Crippen molar-refractivity contribution in [2.45, 2.75) is 11.7 Å². The van der Waals surface area contributed by atoms with E-state index in [1.807, 2.05) is 53.1 Å². The summed E-state index contributed by atoms with van der Waals surface area (Å²) in [4.78, 5) is 16.2. The number of H-pyrrole nitrogens is 1. The van der Waals surface area contributed by atoms with E-state index in [-0.39, 0.29) is 11.7 Å². The molecule has 2 aromatic heterocycles. The van der Waals surface area contributed by atoms with Crippen molar-refractivity contribution in [3.05, 3.63) is 84.9 Å². The molecule has 0 radical (unpaired) electrons. The van der Waals surface area contributed by atoms with Crippen molar-refractivity contribution < 1.29 is 4.79 Å². The first-order chi connectivity index (χ1) is 16.3. The summed E-state index contributed by atoms with van der Waals surface area (Å²) >= 11 is 1.30. The molecule has 0 aliphatic rings. The summed E-state index contributed by atoms with van der Waals surface area (Å²) in [6, 6.07) is 24.3. The highest BCUT2D eigenvalue weighted by molar-refractivity contribution is 7.99. The number of anilines is 2. The van der Waals surface area contributed by atoms with E-state index in [2.05, 4.69) is 60.3 Å². The largest absolute Gasteiger partial charge is 0.377 e. The molecule has 0 saturated carbocycles. The van der Waals surface area contributed by atoms with E-state index >= 15 is 0 Å². The maximum Gasteiger partial charge on any atom is 0.237 e. The molecule has 0 saturated heterocycles. The number of aromatic nitrogens is 6. The zero-order chi connectivity index (χ0) is 22.5. The number of hydrogen-bond acceptors (Lipinski definition) is 7. The lowest BCUT2D eigenvalue weighted by molar-refractivity contribution is -0.113. The summed E-state index contributed by atoms with van der Waals surface area (Å²) in [5, 5.41) is 24.2. The Balaban J connectivity index is 1.37. The van der Waals surface area contributed by atoms with E-state index in [9.17, 15) is 4.79 Å². The Morgan fingerprint density at radius 3 is 2.64 bits per heavy atom. The molecule has 164 valence electrons. The van der Waals surface area contributed by atoms with Crippen LogP contribution in [0.2, 0.25) is 0 Å². The second kappa shape index (κ2) is 9.53. The number of carbonyl (C=O) groups excluding carboxylic acids is 1. The highest BCUT2D eigenvalue weighted by Crippen LogP contribution is 2.25. The van der Waals surface area contributed by atoms with Gasteiger partial charge in [-0.15, -0.1) is 10.2 Å². The van der Waals surface area contributed by atoms with Gasteiger partial charge in [0.2, 0.25) is 11.9 Å². The fourth-order valence-corrected chi connectivity index (χ4v) is 4.23. The zero-order valence-electron chi connectivity index (χ0n) is 17.5. The van der Waals surface area contributed by atoms with Gasteiger partial charge in [-0.2, -0.15) is 10.1 Å². The zero-order valence-corrected chi connectivity index (χ0v) is 18.3. The monoisotopic (exact) mass is 456 g/mol. The molecule has 3 aromatic carbocycles. The van der Waals surface area contributed by atoms with Gasteiger partial charge in [0.1, 0.15) is 6.33 Å². The molecule has 5 aromatic rings.